The van der Waals surface area contributed by atoms with Gasteiger partial charge in [0, 0.05) is 11.4 Å². The zero-order valence-corrected chi connectivity index (χ0v) is 15.6. The lowest BCUT2D eigenvalue weighted by molar-refractivity contribution is 0.0524. The van der Waals surface area contributed by atoms with E-state index in [4.69, 9.17) is 4.74 Å². The lowest BCUT2D eigenvalue weighted by Crippen LogP contribution is -2.26. The molecule has 1 amide bonds. The standard InChI is InChI=1S/C20H24N2O4/c1-5-8-17-14(20(25)26-6-2)11-15(19(24)22-17)18(23)21-16-10-7-9-12(3)13(16)4/h7,9-11H,5-6,8H2,1-4H3,(H,21,23)(H,22,24). The number of esters is 1. The summed E-state index contributed by atoms with van der Waals surface area (Å²) in [6.07, 6.45) is 1.26. The van der Waals surface area contributed by atoms with Crippen molar-refractivity contribution in [2.45, 2.75) is 40.5 Å². The fourth-order valence-electron chi connectivity index (χ4n) is 2.65. The predicted molar refractivity (Wildman–Crippen MR) is 101 cm³/mol. The second-order valence-corrected chi connectivity index (χ2v) is 6.08. The van der Waals surface area contributed by atoms with Crippen molar-refractivity contribution in [3.8, 4) is 0 Å². The fraction of sp³-hybridized carbons (Fsp3) is 0.350. The van der Waals surface area contributed by atoms with Crippen molar-refractivity contribution >= 4 is 17.6 Å². The number of rotatable bonds is 6. The van der Waals surface area contributed by atoms with Crippen LogP contribution in [0.2, 0.25) is 0 Å². The molecular formula is C20H24N2O4. The third-order valence-corrected chi connectivity index (χ3v) is 4.22. The van der Waals surface area contributed by atoms with E-state index in [1.165, 1.54) is 6.07 Å². The first-order chi connectivity index (χ1) is 12.4. The average Bonchev–Trinajstić information content (AvgIpc) is 2.59. The second-order valence-electron chi connectivity index (χ2n) is 6.08. The second kappa shape index (κ2) is 8.47. The molecule has 1 aromatic heterocycles. The summed E-state index contributed by atoms with van der Waals surface area (Å²) in [6, 6.07) is 6.86. The predicted octanol–water partition coefficient (Wildman–Crippen LogP) is 3.37. The summed E-state index contributed by atoms with van der Waals surface area (Å²) in [5.41, 5.74) is 2.65. The minimum atomic E-state index is -0.562. The summed E-state index contributed by atoms with van der Waals surface area (Å²) in [6.45, 7) is 7.69. The van der Waals surface area contributed by atoms with Gasteiger partial charge in [-0.3, -0.25) is 9.59 Å². The van der Waals surface area contributed by atoms with Gasteiger partial charge in [-0.05, 0) is 50.5 Å². The molecule has 0 unspecified atom stereocenters. The van der Waals surface area contributed by atoms with Crippen LogP contribution in [0.25, 0.3) is 0 Å². The molecule has 0 aliphatic rings. The molecule has 2 rings (SSSR count). The Balaban J connectivity index is 2.43. The molecule has 0 fully saturated rings. The van der Waals surface area contributed by atoms with Crippen LogP contribution in [0.4, 0.5) is 5.69 Å². The van der Waals surface area contributed by atoms with E-state index in [2.05, 4.69) is 10.3 Å². The molecule has 6 heteroatoms. The van der Waals surface area contributed by atoms with E-state index < -0.39 is 17.4 Å². The van der Waals surface area contributed by atoms with Gasteiger partial charge < -0.3 is 15.0 Å². The van der Waals surface area contributed by atoms with Crippen molar-refractivity contribution in [2.24, 2.45) is 0 Å². The number of aromatic nitrogens is 1. The molecule has 138 valence electrons. The minimum Gasteiger partial charge on any atom is -0.462 e. The van der Waals surface area contributed by atoms with Crippen LogP contribution in [-0.2, 0) is 11.2 Å². The summed E-state index contributed by atoms with van der Waals surface area (Å²) in [5, 5.41) is 2.75. The number of amides is 1. The van der Waals surface area contributed by atoms with Gasteiger partial charge in [-0.1, -0.05) is 25.5 Å². The van der Waals surface area contributed by atoms with Gasteiger partial charge in [0.15, 0.2) is 0 Å². The summed E-state index contributed by atoms with van der Waals surface area (Å²) in [7, 11) is 0. The normalized spacial score (nSPS) is 10.5. The van der Waals surface area contributed by atoms with E-state index in [0.717, 1.165) is 17.5 Å². The van der Waals surface area contributed by atoms with E-state index in [1.807, 2.05) is 32.9 Å². The van der Waals surface area contributed by atoms with Crippen LogP contribution >= 0.6 is 0 Å². The quantitative estimate of drug-likeness (QED) is 0.777. The van der Waals surface area contributed by atoms with Crippen molar-refractivity contribution < 1.29 is 14.3 Å². The largest absolute Gasteiger partial charge is 0.462 e. The van der Waals surface area contributed by atoms with Crippen molar-refractivity contribution in [3.05, 3.63) is 62.6 Å². The minimum absolute atomic E-state index is 0.117. The summed E-state index contributed by atoms with van der Waals surface area (Å²) < 4.78 is 5.05. The van der Waals surface area contributed by atoms with E-state index in [-0.39, 0.29) is 17.7 Å². The Morgan fingerprint density at radius 3 is 2.54 bits per heavy atom. The molecule has 2 N–H and O–H groups in total. The number of aromatic amines is 1. The van der Waals surface area contributed by atoms with E-state index in [1.54, 1.807) is 13.0 Å². The van der Waals surface area contributed by atoms with Crippen LogP contribution in [0.3, 0.4) is 0 Å². The highest BCUT2D eigenvalue weighted by molar-refractivity contribution is 6.06. The molecule has 0 atom stereocenters. The zero-order chi connectivity index (χ0) is 19.3. The molecule has 0 spiro atoms. The number of pyridine rings is 1. The van der Waals surface area contributed by atoms with Crippen molar-refractivity contribution in [1.82, 2.24) is 4.98 Å². The van der Waals surface area contributed by atoms with Gasteiger partial charge in [-0.25, -0.2) is 4.79 Å². The summed E-state index contributed by atoms with van der Waals surface area (Å²) >= 11 is 0. The lowest BCUT2D eigenvalue weighted by atomic mass is 10.1. The molecule has 1 aromatic carbocycles. The third-order valence-electron chi connectivity index (χ3n) is 4.22. The Morgan fingerprint density at radius 1 is 1.15 bits per heavy atom. The number of carbonyl (C=O) groups excluding carboxylic acids is 2. The molecule has 0 bridgehead atoms. The van der Waals surface area contributed by atoms with Crippen LogP contribution in [0.1, 0.15) is 57.8 Å². The smallest absolute Gasteiger partial charge is 0.339 e. The van der Waals surface area contributed by atoms with Gasteiger partial charge in [0.05, 0.1) is 12.2 Å². The Kier molecular flexibility index (Phi) is 6.33. The van der Waals surface area contributed by atoms with Crippen molar-refractivity contribution in [1.29, 1.82) is 0 Å². The van der Waals surface area contributed by atoms with E-state index >= 15 is 0 Å². The van der Waals surface area contributed by atoms with Crippen LogP contribution in [0.15, 0.2) is 29.1 Å². The molecule has 0 aliphatic carbocycles. The number of benzene rings is 1. The summed E-state index contributed by atoms with van der Waals surface area (Å²) in [5.74, 6) is -1.11. The Hall–Kier alpha value is -2.89. The van der Waals surface area contributed by atoms with Gasteiger partial charge in [0.2, 0.25) is 0 Å². The maximum Gasteiger partial charge on any atom is 0.339 e. The highest BCUT2D eigenvalue weighted by Gasteiger charge is 2.20. The fourth-order valence-corrected chi connectivity index (χ4v) is 2.65. The monoisotopic (exact) mass is 356 g/mol. The maximum absolute atomic E-state index is 12.6. The molecule has 0 radical (unpaired) electrons. The molecule has 1 heterocycles. The van der Waals surface area contributed by atoms with Gasteiger partial charge in [0.1, 0.15) is 5.56 Å². The Morgan fingerprint density at radius 2 is 1.88 bits per heavy atom. The SMILES string of the molecule is CCCc1[nH]c(=O)c(C(=O)Nc2cccc(C)c2C)cc1C(=O)OCC. The molecule has 0 saturated carbocycles. The number of nitrogens with one attached hydrogen (secondary N) is 2. The van der Waals surface area contributed by atoms with Crippen LogP contribution in [0, 0.1) is 13.8 Å². The maximum atomic E-state index is 12.6. The van der Waals surface area contributed by atoms with Crippen LogP contribution < -0.4 is 10.9 Å². The number of ether oxygens (including phenoxy) is 1. The van der Waals surface area contributed by atoms with Gasteiger partial charge in [-0.2, -0.15) is 0 Å². The topological polar surface area (TPSA) is 88.3 Å². The van der Waals surface area contributed by atoms with Crippen molar-refractivity contribution in [3.63, 3.8) is 0 Å². The highest BCUT2D eigenvalue weighted by Crippen LogP contribution is 2.19. The first kappa shape index (κ1) is 19.4. The number of H-pyrrole nitrogens is 1. The Bertz CT molecular complexity index is 884. The zero-order valence-electron chi connectivity index (χ0n) is 15.6. The van der Waals surface area contributed by atoms with E-state index in [9.17, 15) is 14.4 Å². The number of aryl methyl sites for hydroxylation is 2. The van der Waals surface area contributed by atoms with Crippen LogP contribution in [-0.4, -0.2) is 23.5 Å². The molecule has 0 saturated heterocycles. The third kappa shape index (κ3) is 4.20. The number of hydrogen-bond donors (Lipinski definition) is 2. The number of carbonyl (C=O) groups is 2. The lowest BCUT2D eigenvalue weighted by Gasteiger charge is -2.12. The highest BCUT2D eigenvalue weighted by atomic mass is 16.5. The number of hydrogen-bond acceptors (Lipinski definition) is 4. The molecule has 26 heavy (non-hydrogen) atoms. The average molecular weight is 356 g/mol. The first-order valence-corrected chi connectivity index (χ1v) is 8.69. The number of anilines is 1. The molecule has 6 nitrogen and oxygen atoms in total. The van der Waals surface area contributed by atoms with Gasteiger partial charge >= 0.3 is 5.97 Å². The van der Waals surface area contributed by atoms with Gasteiger partial charge in [0.25, 0.3) is 11.5 Å². The summed E-state index contributed by atoms with van der Waals surface area (Å²) in [4.78, 5) is 39.8. The molecular weight excluding hydrogens is 332 g/mol. The Labute approximate surface area is 152 Å². The van der Waals surface area contributed by atoms with E-state index in [0.29, 0.717) is 17.8 Å². The first-order valence-electron chi connectivity index (χ1n) is 8.69. The van der Waals surface area contributed by atoms with Crippen molar-refractivity contribution in [2.75, 3.05) is 11.9 Å². The molecule has 2 aromatic rings. The molecule has 0 aliphatic heterocycles. The van der Waals surface area contributed by atoms with Crippen LogP contribution in [0.5, 0.6) is 0 Å². The van der Waals surface area contributed by atoms with Gasteiger partial charge in [-0.15, -0.1) is 0 Å².